The fourth-order valence-corrected chi connectivity index (χ4v) is 0. The minimum atomic E-state index is -0.167. The maximum Gasteiger partial charge on any atom is 3.00 e. The zero-order valence-electron chi connectivity index (χ0n) is 4.66. The van der Waals surface area contributed by atoms with Crippen LogP contribution >= 0.6 is 0 Å². The zero-order chi connectivity index (χ0) is 3.58. The van der Waals surface area contributed by atoms with Crippen LogP contribution < -0.4 is 50.9 Å². The molecule has 0 aliphatic carbocycles. The first-order valence-electron chi connectivity index (χ1n) is 1.41. The molecule has 0 spiro atoms. The van der Waals surface area contributed by atoms with Crippen LogP contribution in [0.4, 0.5) is 0 Å². The van der Waals surface area contributed by atoms with Crippen molar-refractivity contribution in [1.82, 2.24) is 0 Å². The van der Waals surface area contributed by atoms with E-state index < -0.39 is 0 Å². The fourth-order valence-electron chi connectivity index (χ4n) is 0. The fraction of sp³-hybridized carbons (Fsp3) is 1.00. The third-order valence-corrected chi connectivity index (χ3v) is 0. The van der Waals surface area contributed by atoms with Crippen molar-refractivity contribution in [3.05, 3.63) is 0 Å². The standard InChI is InChI=1S/C3H8O.3BrH.Ti/c1-3(2)4;;;;/h3-4H,1-2H3;3*1H;/q;;;;+3/p-3. The molecule has 1 nitrogen and oxygen atoms in total. The Hall–Kier alpha value is 2.11. The van der Waals surface area contributed by atoms with Gasteiger partial charge < -0.3 is 56.1 Å². The molecule has 1 N–H and O–H groups in total. The number of hydrogen-bond acceptors (Lipinski definition) is 1. The van der Waals surface area contributed by atoms with Crippen molar-refractivity contribution in [3.8, 4) is 0 Å². The summed E-state index contributed by atoms with van der Waals surface area (Å²) in [6.45, 7) is 3.44. The summed E-state index contributed by atoms with van der Waals surface area (Å²) in [5.74, 6) is 0. The number of aliphatic hydroxyl groups is 1. The Morgan fingerprint density at radius 3 is 1.00 bits per heavy atom. The Kier molecular flexibility index (Phi) is 92.1. The molecule has 0 aromatic heterocycles. The molecule has 8 heavy (non-hydrogen) atoms. The summed E-state index contributed by atoms with van der Waals surface area (Å²) in [4.78, 5) is 0. The number of rotatable bonds is 0. The predicted octanol–water partition coefficient (Wildman–Crippen LogP) is -8.60. The molecule has 0 aromatic rings. The minimum absolute atomic E-state index is 0. The monoisotopic (exact) mass is 345 g/mol. The summed E-state index contributed by atoms with van der Waals surface area (Å²) < 4.78 is 0. The molecule has 0 aliphatic rings. The van der Waals surface area contributed by atoms with Crippen molar-refractivity contribution >= 4 is 0 Å². The van der Waals surface area contributed by atoms with Crippen LogP contribution in [-0.4, -0.2) is 11.2 Å². The average Bonchev–Trinajstić information content (AvgIpc) is 0.811. The molecule has 0 saturated carbocycles. The van der Waals surface area contributed by atoms with Gasteiger partial charge in [-0.3, -0.25) is 0 Å². The van der Waals surface area contributed by atoms with Gasteiger partial charge >= 0.3 is 21.7 Å². The molecular formula is C3H8Br3OTi. The quantitative estimate of drug-likeness (QED) is 0.432. The van der Waals surface area contributed by atoms with Crippen LogP contribution in [0.2, 0.25) is 0 Å². The largest absolute Gasteiger partial charge is 3.00 e. The van der Waals surface area contributed by atoms with E-state index in [0.717, 1.165) is 0 Å². The normalized spacial score (nSPS) is 4.50. The van der Waals surface area contributed by atoms with E-state index in [1.54, 1.807) is 13.8 Å². The second-order valence-electron chi connectivity index (χ2n) is 1.09. The summed E-state index contributed by atoms with van der Waals surface area (Å²) in [6.07, 6.45) is -0.167. The van der Waals surface area contributed by atoms with Gasteiger partial charge in [0.2, 0.25) is 0 Å². The van der Waals surface area contributed by atoms with Crippen LogP contribution in [0.25, 0.3) is 0 Å². The molecule has 51 valence electrons. The molecule has 0 atom stereocenters. The Morgan fingerprint density at radius 2 is 1.00 bits per heavy atom. The molecule has 0 fully saturated rings. The van der Waals surface area contributed by atoms with Gasteiger partial charge in [-0.1, -0.05) is 0 Å². The molecular weight excluding hydrogens is 340 g/mol. The van der Waals surface area contributed by atoms with Gasteiger partial charge in [0.05, 0.1) is 0 Å². The van der Waals surface area contributed by atoms with Crippen LogP contribution in [0.1, 0.15) is 13.8 Å². The second-order valence-corrected chi connectivity index (χ2v) is 1.09. The number of halogens is 3. The van der Waals surface area contributed by atoms with E-state index in [2.05, 4.69) is 0 Å². The van der Waals surface area contributed by atoms with Crippen molar-refractivity contribution in [2.24, 2.45) is 0 Å². The molecule has 0 amide bonds. The molecule has 1 radical (unpaired) electrons. The summed E-state index contributed by atoms with van der Waals surface area (Å²) in [5, 5.41) is 8.06. The summed E-state index contributed by atoms with van der Waals surface area (Å²) in [6, 6.07) is 0. The van der Waals surface area contributed by atoms with E-state index in [0.29, 0.717) is 0 Å². The second kappa shape index (κ2) is 22.9. The van der Waals surface area contributed by atoms with E-state index in [1.807, 2.05) is 0 Å². The van der Waals surface area contributed by atoms with E-state index in [9.17, 15) is 0 Å². The molecule has 0 bridgehead atoms. The Balaban J connectivity index is -0.00000000750. The Bertz CT molecular complexity index is 19.2. The molecule has 0 saturated heterocycles. The van der Waals surface area contributed by atoms with Crippen molar-refractivity contribution in [2.75, 3.05) is 0 Å². The van der Waals surface area contributed by atoms with E-state index in [-0.39, 0.29) is 78.8 Å². The van der Waals surface area contributed by atoms with Gasteiger partial charge in [0.1, 0.15) is 0 Å². The number of hydrogen-bond donors (Lipinski definition) is 1. The maximum absolute atomic E-state index is 8.06. The van der Waals surface area contributed by atoms with Crippen molar-refractivity contribution in [1.29, 1.82) is 0 Å². The van der Waals surface area contributed by atoms with Crippen molar-refractivity contribution in [2.45, 2.75) is 20.0 Å². The summed E-state index contributed by atoms with van der Waals surface area (Å²) >= 11 is 0. The minimum Gasteiger partial charge on any atom is -1.00 e. The van der Waals surface area contributed by atoms with Crippen LogP contribution in [0.5, 0.6) is 0 Å². The first kappa shape index (κ1) is 32.1. The molecule has 0 unspecified atom stereocenters. The topological polar surface area (TPSA) is 20.2 Å². The Morgan fingerprint density at radius 1 is 1.00 bits per heavy atom. The van der Waals surface area contributed by atoms with Crippen molar-refractivity contribution in [3.63, 3.8) is 0 Å². The van der Waals surface area contributed by atoms with E-state index >= 15 is 0 Å². The summed E-state index contributed by atoms with van der Waals surface area (Å²) in [5.41, 5.74) is 0. The molecule has 0 aromatic carbocycles. The van der Waals surface area contributed by atoms with E-state index in [4.69, 9.17) is 5.11 Å². The van der Waals surface area contributed by atoms with Crippen LogP contribution in [-0.2, 0) is 21.7 Å². The van der Waals surface area contributed by atoms with Gasteiger partial charge in [-0.25, -0.2) is 0 Å². The smallest absolute Gasteiger partial charge is 1.00 e. The molecule has 5 heteroatoms. The molecule has 0 heterocycles. The first-order valence-corrected chi connectivity index (χ1v) is 1.41. The first-order chi connectivity index (χ1) is 1.73. The van der Waals surface area contributed by atoms with Gasteiger partial charge in [-0.15, -0.1) is 0 Å². The van der Waals surface area contributed by atoms with Crippen LogP contribution in [0, 0.1) is 0 Å². The summed E-state index contributed by atoms with van der Waals surface area (Å²) in [7, 11) is 0. The van der Waals surface area contributed by atoms with Gasteiger partial charge in [0.15, 0.2) is 0 Å². The third kappa shape index (κ3) is 91.9. The van der Waals surface area contributed by atoms with E-state index in [1.165, 1.54) is 0 Å². The van der Waals surface area contributed by atoms with Crippen LogP contribution in [0.3, 0.4) is 0 Å². The zero-order valence-corrected chi connectivity index (χ0v) is 11.0. The molecule has 0 rings (SSSR count). The SMILES string of the molecule is CC(C)O.[Br-].[Br-].[Br-].[Ti+3]. The maximum atomic E-state index is 8.06. The van der Waals surface area contributed by atoms with Gasteiger partial charge in [-0.05, 0) is 13.8 Å². The third-order valence-electron chi connectivity index (χ3n) is 0. The van der Waals surface area contributed by atoms with Gasteiger partial charge in [-0.2, -0.15) is 0 Å². The molecule has 0 aliphatic heterocycles. The Labute approximate surface area is 96.8 Å². The predicted molar refractivity (Wildman–Crippen MR) is 17.4 cm³/mol. The average molecular weight is 348 g/mol. The van der Waals surface area contributed by atoms with Gasteiger partial charge in [0, 0.05) is 6.10 Å². The van der Waals surface area contributed by atoms with Gasteiger partial charge in [0.25, 0.3) is 0 Å². The number of aliphatic hydroxyl groups excluding tert-OH is 1. The van der Waals surface area contributed by atoms with Crippen molar-refractivity contribution < 1.29 is 77.8 Å². The van der Waals surface area contributed by atoms with Crippen LogP contribution in [0.15, 0.2) is 0 Å².